The number of unbranched alkanes of at least 4 members (excludes halogenated alkanes) is 1. The molecule has 1 saturated heterocycles. The Morgan fingerprint density at radius 3 is 2.41 bits per heavy atom. The number of H-pyrrole nitrogens is 1. The van der Waals surface area contributed by atoms with Crippen molar-refractivity contribution in [2.45, 2.75) is 31.6 Å². The van der Waals surface area contributed by atoms with E-state index >= 15 is 0 Å². The van der Waals surface area contributed by atoms with Crippen molar-refractivity contribution in [2.24, 2.45) is 5.16 Å². The molecule has 6 nitrogen and oxygen atoms in total. The van der Waals surface area contributed by atoms with Crippen LogP contribution in [0.5, 0.6) is 0 Å². The molecule has 2 N–H and O–H groups in total. The second kappa shape index (κ2) is 10.5. The number of hydrogen-bond donors (Lipinski definition) is 2. The summed E-state index contributed by atoms with van der Waals surface area (Å²) < 4.78 is 83.6. The first kappa shape index (κ1) is 26.9. The number of anilines is 1. The number of fused-ring (bicyclic) bond motifs is 2. The van der Waals surface area contributed by atoms with Crippen LogP contribution in [0, 0.1) is 0 Å². The van der Waals surface area contributed by atoms with Gasteiger partial charge in [0.25, 0.3) is 0 Å². The monoisotopic (exact) mass is 552 g/mol. The molecule has 12 heteroatoms. The fourth-order valence-electron chi connectivity index (χ4n) is 5.03. The highest BCUT2D eigenvalue weighted by Crippen LogP contribution is 2.33. The normalized spacial score (nSPS) is 16.1. The Bertz CT molecular complexity index is 1480. The van der Waals surface area contributed by atoms with Crippen molar-refractivity contribution in [3.63, 3.8) is 0 Å². The number of aromatic nitrogens is 1. The molecule has 2 aromatic heterocycles. The maximum atomic E-state index is 13.1. The number of nitrogens with one attached hydrogen (secondary N) is 1. The van der Waals surface area contributed by atoms with E-state index in [0.717, 1.165) is 62.9 Å². The summed E-state index contributed by atoms with van der Waals surface area (Å²) in [5.41, 5.74) is 0.576. The predicted octanol–water partition coefficient (Wildman–Crippen LogP) is 6.82. The summed E-state index contributed by atoms with van der Waals surface area (Å²) in [7, 11) is 0. The molecule has 1 fully saturated rings. The topological polar surface area (TPSA) is 68.0 Å². The van der Waals surface area contributed by atoms with Crippen molar-refractivity contribution in [2.75, 3.05) is 37.6 Å². The number of aromatic amines is 1. The second-order valence-electron chi connectivity index (χ2n) is 9.64. The summed E-state index contributed by atoms with van der Waals surface area (Å²) in [6, 6.07) is 10.1. The molecule has 3 heterocycles. The first-order valence-corrected chi connectivity index (χ1v) is 12.5. The number of oxime groups is 1. The molecule has 1 aliphatic heterocycles. The Morgan fingerprint density at radius 1 is 0.949 bits per heavy atom. The largest absolute Gasteiger partial charge is 0.454 e. The lowest BCUT2D eigenvalue weighted by Crippen LogP contribution is -2.46. The third kappa shape index (κ3) is 5.85. The lowest BCUT2D eigenvalue weighted by atomic mass is 10.0. The van der Waals surface area contributed by atoms with Crippen LogP contribution in [-0.2, 0) is 12.6 Å². The second-order valence-corrected chi connectivity index (χ2v) is 9.64. The third-order valence-electron chi connectivity index (χ3n) is 7.10. The minimum absolute atomic E-state index is 0.266. The van der Waals surface area contributed by atoms with E-state index in [4.69, 9.17) is 9.62 Å². The Kier molecular flexibility index (Phi) is 7.23. The van der Waals surface area contributed by atoms with Gasteiger partial charge in [-0.3, -0.25) is 4.90 Å². The Hall–Kier alpha value is -3.67. The van der Waals surface area contributed by atoms with E-state index in [1.165, 1.54) is 18.2 Å². The van der Waals surface area contributed by atoms with Crippen LogP contribution in [0.1, 0.15) is 29.7 Å². The molecule has 4 aromatic rings. The van der Waals surface area contributed by atoms with E-state index in [9.17, 15) is 26.3 Å². The Morgan fingerprint density at radius 2 is 1.72 bits per heavy atom. The predicted molar refractivity (Wildman–Crippen MR) is 135 cm³/mol. The minimum Gasteiger partial charge on any atom is -0.454 e. The molecule has 0 bridgehead atoms. The molecule has 5 rings (SSSR count). The average Bonchev–Trinajstić information content (AvgIpc) is 3.49. The number of aryl methyl sites for hydroxylation is 1. The van der Waals surface area contributed by atoms with Gasteiger partial charge in [-0.2, -0.15) is 26.3 Å². The molecule has 2 aromatic carbocycles. The molecule has 0 aliphatic carbocycles. The number of rotatable bonds is 7. The van der Waals surface area contributed by atoms with Crippen LogP contribution in [0.25, 0.3) is 21.9 Å². The maximum absolute atomic E-state index is 13.1. The van der Waals surface area contributed by atoms with Gasteiger partial charge in [0.1, 0.15) is 5.58 Å². The maximum Gasteiger partial charge on any atom is 0.440 e. The molecular weight excluding hydrogens is 526 g/mol. The van der Waals surface area contributed by atoms with Gasteiger partial charge in [0, 0.05) is 54.4 Å². The SMILES string of the molecule is ON=C(c1cc2cc(N3CCN(CCCCc4c[nH]c5ccc(C(F)(F)F)cc45)CC3)ccc2o1)C(F)(F)F. The number of alkyl halides is 6. The van der Waals surface area contributed by atoms with Crippen molar-refractivity contribution in [3.8, 4) is 0 Å². The molecule has 39 heavy (non-hydrogen) atoms. The zero-order valence-corrected chi connectivity index (χ0v) is 20.7. The van der Waals surface area contributed by atoms with Gasteiger partial charge in [-0.1, -0.05) is 5.16 Å². The summed E-state index contributed by atoms with van der Waals surface area (Å²) in [4.78, 5) is 7.53. The summed E-state index contributed by atoms with van der Waals surface area (Å²) >= 11 is 0. The number of furan rings is 1. The van der Waals surface area contributed by atoms with Crippen LogP contribution in [0.4, 0.5) is 32.0 Å². The van der Waals surface area contributed by atoms with Crippen molar-refractivity contribution >= 4 is 33.3 Å². The quantitative estimate of drug-likeness (QED) is 0.0869. The minimum atomic E-state index is -4.84. The van der Waals surface area contributed by atoms with Crippen LogP contribution in [0.2, 0.25) is 0 Å². The summed E-state index contributed by atoms with van der Waals surface area (Å²) in [5.74, 6) is -0.546. The average molecular weight is 553 g/mol. The summed E-state index contributed by atoms with van der Waals surface area (Å²) in [5, 5.41) is 12.2. The van der Waals surface area contributed by atoms with E-state index in [2.05, 4.69) is 19.9 Å². The highest BCUT2D eigenvalue weighted by molar-refractivity contribution is 6.04. The van der Waals surface area contributed by atoms with E-state index in [1.807, 2.05) is 0 Å². The smallest absolute Gasteiger partial charge is 0.440 e. The van der Waals surface area contributed by atoms with Gasteiger partial charge in [0.05, 0.1) is 5.56 Å². The first-order valence-electron chi connectivity index (χ1n) is 12.5. The molecule has 0 amide bonds. The van der Waals surface area contributed by atoms with E-state index in [1.54, 1.807) is 24.4 Å². The van der Waals surface area contributed by atoms with E-state index < -0.39 is 29.4 Å². The number of hydrogen-bond acceptors (Lipinski definition) is 5. The van der Waals surface area contributed by atoms with Gasteiger partial charge in [-0.15, -0.1) is 0 Å². The van der Waals surface area contributed by atoms with Crippen molar-refractivity contribution in [1.29, 1.82) is 0 Å². The molecule has 0 saturated carbocycles. The van der Waals surface area contributed by atoms with E-state index in [0.29, 0.717) is 22.7 Å². The van der Waals surface area contributed by atoms with Crippen LogP contribution in [0.15, 0.2) is 58.2 Å². The van der Waals surface area contributed by atoms with Crippen LogP contribution in [0.3, 0.4) is 0 Å². The van der Waals surface area contributed by atoms with Gasteiger partial charge in [0.15, 0.2) is 5.76 Å². The zero-order valence-electron chi connectivity index (χ0n) is 20.7. The van der Waals surface area contributed by atoms with E-state index in [-0.39, 0.29) is 5.58 Å². The number of nitrogens with zero attached hydrogens (tertiary/aromatic N) is 3. The first-order chi connectivity index (χ1) is 18.5. The number of halogens is 6. The van der Waals surface area contributed by atoms with Gasteiger partial charge < -0.3 is 19.5 Å². The highest BCUT2D eigenvalue weighted by Gasteiger charge is 2.40. The van der Waals surface area contributed by atoms with Gasteiger partial charge in [-0.25, -0.2) is 0 Å². The third-order valence-corrected chi connectivity index (χ3v) is 7.10. The van der Waals surface area contributed by atoms with Gasteiger partial charge in [0.2, 0.25) is 5.71 Å². The molecule has 1 aliphatic rings. The Labute approximate surface area is 219 Å². The van der Waals surface area contributed by atoms with Crippen molar-refractivity contribution < 1.29 is 36.0 Å². The fourth-order valence-corrected chi connectivity index (χ4v) is 5.03. The zero-order chi connectivity index (χ0) is 27.8. The molecule has 0 atom stereocenters. The summed E-state index contributed by atoms with van der Waals surface area (Å²) in [6.07, 6.45) is -4.99. The van der Waals surface area contributed by atoms with Crippen molar-refractivity contribution in [3.05, 3.63) is 65.5 Å². The lowest BCUT2D eigenvalue weighted by molar-refractivity contribution is -0.137. The van der Waals surface area contributed by atoms with Crippen LogP contribution >= 0.6 is 0 Å². The molecule has 0 spiro atoms. The molecule has 0 unspecified atom stereocenters. The fraction of sp³-hybridized carbons (Fsp3) is 0.370. The van der Waals surface area contributed by atoms with Crippen LogP contribution in [-0.4, -0.2) is 59.7 Å². The molecule has 208 valence electrons. The van der Waals surface area contributed by atoms with Crippen molar-refractivity contribution in [1.82, 2.24) is 9.88 Å². The lowest BCUT2D eigenvalue weighted by Gasteiger charge is -2.36. The molecular formula is C27H26F6N4O2. The molecule has 0 radical (unpaired) electrons. The van der Waals surface area contributed by atoms with Gasteiger partial charge >= 0.3 is 12.4 Å². The highest BCUT2D eigenvalue weighted by atomic mass is 19.4. The summed E-state index contributed by atoms with van der Waals surface area (Å²) in [6.45, 7) is 3.97. The van der Waals surface area contributed by atoms with Crippen LogP contribution < -0.4 is 4.90 Å². The van der Waals surface area contributed by atoms with Gasteiger partial charge in [-0.05, 0) is 73.8 Å². The Balaban J connectivity index is 1.13. The number of benzene rings is 2. The standard InChI is InChI=1S/C27H26F6N4O2/c28-26(29,30)19-4-6-22-21(15-19)17(16-34-22)3-1-2-8-36-9-11-37(12-10-36)20-5-7-23-18(13-20)14-24(39-23)25(35-38)27(31,32)33/h4-7,13-16,34,38H,1-3,8-12H2. The number of piperazine rings is 1.